The van der Waals surface area contributed by atoms with Gasteiger partial charge in [0, 0.05) is 25.1 Å². The Balaban J connectivity index is 1.61. The van der Waals surface area contributed by atoms with Gasteiger partial charge in [0.15, 0.2) is 0 Å². The molecule has 0 unspecified atom stereocenters. The first-order valence-electron chi connectivity index (χ1n) is 9.25. The molecular weight excluding hydrogens is 404 g/mol. The molecule has 0 saturated heterocycles. The number of hydrogen-bond acceptors (Lipinski definition) is 4. The fraction of sp³-hybridized carbons (Fsp3) is 0.333. The van der Waals surface area contributed by atoms with Crippen molar-refractivity contribution in [3.63, 3.8) is 0 Å². The van der Waals surface area contributed by atoms with Gasteiger partial charge in [-0.05, 0) is 41.7 Å². The van der Waals surface area contributed by atoms with Crippen LogP contribution < -0.4 is 9.64 Å². The Kier molecular flexibility index (Phi) is 4.80. The van der Waals surface area contributed by atoms with Crippen molar-refractivity contribution in [3.8, 4) is 11.8 Å². The lowest BCUT2D eigenvalue weighted by Crippen LogP contribution is -2.32. The highest BCUT2D eigenvalue weighted by molar-refractivity contribution is 5.75. The molecule has 2 atom stereocenters. The molecule has 0 bridgehead atoms. The number of nitrogens with zero attached hydrogens (tertiary/aromatic N) is 2. The molecule has 1 fully saturated rings. The number of anilines is 1. The van der Waals surface area contributed by atoms with Crippen LogP contribution in [0.25, 0.3) is 0 Å². The summed E-state index contributed by atoms with van der Waals surface area (Å²) in [6, 6.07) is 8.75. The van der Waals surface area contributed by atoms with Crippen molar-refractivity contribution in [2.45, 2.75) is 31.7 Å². The monoisotopic (exact) mass is 420 g/mol. The van der Waals surface area contributed by atoms with Gasteiger partial charge in [0.2, 0.25) is 0 Å². The second-order valence-corrected chi connectivity index (χ2v) is 7.40. The van der Waals surface area contributed by atoms with E-state index in [0.717, 1.165) is 12.1 Å². The number of fused-ring (bicyclic) bond motifs is 1. The molecule has 1 aliphatic heterocycles. The number of alkyl halides is 3. The fourth-order valence-electron chi connectivity index (χ4n) is 4.00. The number of nitriles is 1. The average Bonchev–Trinajstić information content (AvgIpc) is 3.47. The zero-order valence-corrected chi connectivity index (χ0v) is 15.5. The van der Waals surface area contributed by atoms with Crippen LogP contribution in [0.2, 0.25) is 0 Å². The molecule has 0 radical (unpaired) electrons. The van der Waals surface area contributed by atoms with Crippen LogP contribution in [-0.2, 0) is 17.8 Å². The van der Waals surface area contributed by atoms with Crippen molar-refractivity contribution < 1.29 is 32.2 Å². The summed E-state index contributed by atoms with van der Waals surface area (Å²) >= 11 is 0. The fourth-order valence-corrected chi connectivity index (χ4v) is 4.00. The van der Waals surface area contributed by atoms with Crippen molar-refractivity contribution in [1.82, 2.24) is 0 Å². The van der Waals surface area contributed by atoms with Gasteiger partial charge in [0.1, 0.15) is 17.6 Å². The first-order valence-corrected chi connectivity index (χ1v) is 9.25. The summed E-state index contributed by atoms with van der Waals surface area (Å²) in [6.07, 6.45) is -4.15. The van der Waals surface area contributed by atoms with Crippen molar-refractivity contribution in [2.75, 3.05) is 11.4 Å². The Morgan fingerprint density at radius 2 is 2.03 bits per heavy atom. The lowest BCUT2D eigenvalue weighted by molar-refractivity contribution is -0.274. The third kappa shape index (κ3) is 3.77. The van der Waals surface area contributed by atoms with Crippen LogP contribution >= 0.6 is 0 Å². The Morgan fingerprint density at radius 1 is 1.27 bits per heavy atom. The highest BCUT2D eigenvalue weighted by Gasteiger charge is 2.46. The standard InChI is InChI=1S/C21H16F4N2O3/c22-19-14-5-6-27(10-12(14)2-4-15(19)16-8-17(16)20(28)29)18-7-13(30-21(23,24)25)3-1-11(18)9-26/h1-4,7,16-17H,5-6,8,10H2,(H,28,29)/t16-,17+/m1/s1. The lowest BCUT2D eigenvalue weighted by Gasteiger charge is -2.32. The molecule has 1 saturated carbocycles. The van der Waals surface area contributed by atoms with Gasteiger partial charge in [-0.3, -0.25) is 4.79 Å². The Hall–Kier alpha value is -3.28. The summed E-state index contributed by atoms with van der Waals surface area (Å²) in [5, 5.41) is 18.4. The quantitative estimate of drug-likeness (QED) is 0.745. The molecule has 0 spiro atoms. The number of hydrogen-bond donors (Lipinski definition) is 1. The molecule has 4 rings (SSSR count). The number of benzene rings is 2. The van der Waals surface area contributed by atoms with Crippen molar-refractivity contribution in [1.29, 1.82) is 5.26 Å². The van der Waals surface area contributed by atoms with Gasteiger partial charge in [-0.15, -0.1) is 13.2 Å². The minimum atomic E-state index is -4.85. The van der Waals surface area contributed by atoms with Crippen LogP contribution in [0, 0.1) is 23.1 Å². The van der Waals surface area contributed by atoms with Crippen LogP contribution in [0.15, 0.2) is 30.3 Å². The summed E-state index contributed by atoms with van der Waals surface area (Å²) < 4.78 is 56.6. The zero-order valence-electron chi connectivity index (χ0n) is 15.5. The van der Waals surface area contributed by atoms with Gasteiger partial charge in [-0.25, -0.2) is 4.39 Å². The van der Waals surface area contributed by atoms with Gasteiger partial charge in [-0.2, -0.15) is 5.26 Å². The number of rotatable bonds is 4. The topological polar surface area (TPSA) is 73.6 Å². The highest BCUT2D eigenvalue weighted by atomic mass is 19.4. The number of carbonyl (C=O) groups is 1. The predicted octanol–water partition coefficient (Wildman–Crippen LogP) is 4.35. The SMILES string of the molecule is N#Cc1ccc(OC(F)(F)F)cc1N1CCc2c(ccc([C@H]3C[C@@H]3C(=O)O)c2F)C1. The zero-order chi connectivity index (χ0) is 21.6. The average molecular weight is 420 g/mol. The Bertz CT molecular complexity index is 1060. The molecule has 1 N–H and O–H groups in total. The van der Waals surface area contributed by atoms with Crippen LogP contribution in [0.3, 0.4) is 0 Å². The van der Waals surface area contributed by atoms with Crippen molar-refractivity contribution in [3.05, 3.63) is 58.4 Å². The van der Waals surface area contributed by atoms with Gasteiger partial charge < -0.3 is 14.7 Å². The van der Waals surface area contributed by atoms with Gasteiger partial charge in [0.25, 0.3) is 0 Å². The molecule has 156 valence electrons. The highest BCUT2D eigenvalue weighted by Crippen LogP contribution is 2.49. The predicted molar refractivity (Wildman–Crippen MR) is 97.5 cm³/mol. The minimum Gasteiger partial charge on any atom is -0.481 e. The van der Waals surface area contributed by atoms with E-state index in [1.165, 1.54) is 6.07 Å². The number of ether oxygens (including phenoxy) is 1. The first-order chi connectivity index (χ1) is 14.2. The second-order valence-electron chi connectivity index (χ2n) is 7.40. The maximum atomic E-state index is 15.0. The van der Waals surface area contributed by atoms with Crippen molar-refractivity contribution in [2.24, 2.45) is 5.92 Å². The minimum absolute atomic E-state index is 0.187. The van der Waals surface area contributed by atoms with E-state index in [0.29, 0.717) is 29.7 Å². The summed E-state index contributed by atoms with van der Waals surface area (Å²) in [5.74, 6) is -2.67. The molecule has 5 nitrogen and oxygen atoms in total. The van der Waals surface area contributed by atoms with Gasteiger partial charge in [0.05, 0.1) is 17.2 Å². The molecule has 2 aromatic rings. The molecule has 9 heteroatoms. The molecule has 1 aliphatic carbocycles. The molecule has 30 heavy (non-hydrogen) atoms. The van der Waals surface area contributed by atoms with Crippen LogP contribution in [0.4, 0.5) is 23.2 Å². The lowest BCUT2D eigenvalue weighted by atomic mass is 9.93. The number of aliphatic carboxylic acids is 1. The van der Waals surface area contributed by atoms with E-state index in [1.54, 1.807) is 17.0 Å². The summed E-state index contributed by atoms with van der Waals surface area (Å²) in [4.78, 5) is 12.8. The molecule has 1 heterocycles. The summed E-state index contributed by atoms with van der Waals surface area (Å²) in [5.41, 5.74) is 2.00. The van der Waals surface area contributed by atoms with Crippen LogP contribution in [0.5, 0.6) is 5.75 Å². The third-order valence-electron chi connectivity index (χ3n) is 5.53. The van der Waals surface area contributed by atoms with E-state index in [4.69, 9.17) is 5.11 Å². The van der Waals surface area contributed by atoms with E-state index >= 15 is 0 Å². The third-order valence-corrected chi connectivity index (χ3v) is 5.53. The Labute approximate surface area is 169 Å². The van der Waals surface area contributed by atoms with Gasteiger partial charge >= 0.3 is 12.3 Å². The van der Waals surface area contributed by atoms with E-state index in [1.807, 2.05) is 6.07 Å². The van der Waals surface area contributed by atoms with Gasteiger partial charge in [-0.1, -0.05) is 12.1 Å². The normalized spacial score (nSPS) is 20.3. The molecule has 0 amide bonds. The van der Waals surface area contributed by atoms with E-state index in [2.05, 4.69) is 4.74 Å². The van der Waals surface area contributed by atoms with Crippen molar-refractivity contribution >= 4 is 11.7 Å². The van der Waals surface area contributed by atoms with E-state index in [-0.39, 0.29) is 30.1 Å². The molecular formula is C21H16F4N2O3. The smallest absolute Gasteiger partial charge is 0.481 e. The largest absolute Gasteiger partial charge is 0.573 e. The number of carboxylic acids is 1. The first kappa shape index (κ1) is 20.0. The molecule has 2 aromatic carbocycles. The van der Waals surface area contributed by atoms with E-state index in [9.17, 15) is 27.6 Å². The van der Waals surface area contributed by atoms with E-state index < -0.39 is 29.8 Å². The second kappa shape index (κ2) is 7.20. The van der Waals surface area contributed by atoms with Crippen LogP contribution in [0.1, 0.15) is 34.6 Å². The summed E-state index contributed by atoms with van der Waals surface area (Å²) in [6.45, 7) is 0.508. The molecule has 2 aliphatic rings. The Morgan fingerprint density at radius 3 is 2.67 bits per heavy atom. The maximum Gasteiger partial charge on any atom is 0.573 e. The molecule has 0 aromatic heterocycles. The summed E-state index contributed by atoms with van der Waals surface area (Å²) in [7, 11) is 0. The maximum absolute atomic E-state index is 15.0. The number of halogens is 4. The van der Waals surface area contributed by atoms with Crippen LogP contribution in [-0.4, -0.2) is 24.0 Å². The number of carboxylic acid groups (broad SMARTS) is 1.